The first-order chi connectivity index (χ1) is 19.3. The number of fused-ring (bicyclic) bond motifs is 2. The van der Waals surface area contributed by atoms with E-state index in [0.29, 0.717) is 18.8 Å². The van der Waals surface area contributed by atoms with Gasteiger partial charge in [0, 0.05) is 30.4 Å². The largest absolute Gasteiger partial charge is 0.480 e. The van der Waals surface area contributed by atoms with Gasteiger partial charge < -0.3 is 30.0 Å². The zero-order valence-electron chi connectivity index (χ0n) is 24.4. The number of carbonyl (C=O) groups is 4. The number of nitrogens with one attached hydrogen (secondary N) is 2. The molecule has 1 saturated carbocycles. The van der Waals surface area contributed by atoms with Gasteiger partial charge in [-0.2, -0.15) is 12.6 Å². The number of thiol groups is 1. The van der Waals surface area contributed by atoms with Crippen molar-refractivity contribution in [2.24, 2.45) is 29.6 Å². The molecule has 13 heteroatoms. The summed E-state index contributed by atoms with van der Waals surface area (Å²) in [5, 5.41) is 14.2. The van der Waals surface area contributed by atoms with Crippen LogP contribution in [0.5, 0.6) is 0 Å². The third-order valence-corrected chi connectivity index (χ3v) is 9.42. The molecule has 12 nitrogen and oxygen atoms in total. The van der Waals surface area contributed by atoms with Crippen molar-refractivity contribution in [3.63, 3.8) is 0 Å². The third kappa shape index (κ3) is 6.69. The molecule has 1 spiro atoms. The van der Waals surface area contributed by atoms with Crippen molar-refractivity contribution in [3.05, 3.63) is 0 Å². The number of hydrogen-bond donors (Lipinski definition) is 4. The number of aliphatic carboxylic acids is 1. The molecule has 0 aromatic heterocycles. The van der Waals surface area contributed by atoms with Crippen molar-refractivity contribution < 1.29 is 48.3 Å². The summed E-state index contributed by atoms with van der Waals surface area (Å²) in [5.41, 5.74) is -0.769. The van der Waals surface area contributed by atoms with Gasteiger partial charge in [0.1, 0.15) is 12.1 Å². The molecule has 0 aromatic carbocycles. The van der Waals surface area contributed by atoms with Gasteiger partial charge in [-0.1, -0.05) is 27.7 Å². The lowest BCUT2D eigenvalue weighted by atomic mass is 9.58. The van der Waals surface area contributed by atoms with Crippen molar-refractivity contribution in [2.75, 3.05) is 5.75 Å². The lowest BCUT2D eigenvalue weighted by Crippen LogP contribution is -2.70. The summed E-state index contributed by atoms with van der Waals surface area (Å²) in [6.45, 7) is 9.77. The molecular formula is C28H44N2O10S. The summed E-state index contributed by atoms with van der Waals surface area (Å²) in [4.78, 5) is 61.4. The van der Waals surface area contributed by atoms with Crippen molar-refractivity contribution >= 4 is 36.4 Å². The van der Waals surface area contributed by atoms with Crippen LogP contribution in [0.25, 0.3) is 0 Å². The Morgan fingerprint density at radius 1 is 1.02 bits per heavy atom. The molecule has 0 radical (unpaired) electrons. The molecule has 2 bridgehead atoms. The van der Waals surface area contributed by atoms with Crippen LogP contribution < -0.4 is 10.6 Å². The van der Waals surface area contributed by atoms with Crippen LogP contribution in [0.15, 0.2) is 0 Å². The van der Waals surface area contributed by atoms with Crippen LogP contribution in [0, 0.1) is 29.6 Å². The maximum Gasteiger partial charge on any atom is 0.327 e. The van der Waals surface area contributed by atoms with Gasteiger partial charge in [0.2, 0.25) is 23.9 Å². The van der Waals surface area contributed by atoms with Crippen LogP contribution in [0.2, 0.25) is 0 Å². The van der Waals surface area contributed by atoms with Crippen LogP contribution in [-0.4, -0.2) is 70.7 Å². The topological polar surface area (TPSA) is 159 Å². The van der Waals surface area contributed by atoms with Crippen LogP contribution >= 0.6 is 12.6 Å². The molecule has 10 atom stereocenters. The fourth-order valence-electron chi connectivity index (χ4n) is 6.84. The average molecular weight is 601 g/mol. The highest BCUT2D eigenvalue weighted by atomic mass is 32.1. The van der Waals surface area contributed by atoms with Crippen molar-refractivity contribution in [3.8, 4) is 0 Å². The minimum atomic E-state index is -1.22. The van der Waals surface area contributed by atoms with Crippen LogP contribution in [0.1, 0.15) is 79.6 Å². The van der Waals surface area contributed by atoms with Gasteiger partial charge in [-0.05, 0) is 50.4 Å². The monoisotopic (exact) mass is 600 g/mol. The fraction of sp³-hybridized carbons (Fsp3) is 0.857. The van der Waals surface area contributed by atoms with E-state index in [4.69, 9.17) is 24.0 Å². The zero-order chi connectivity index (χ0) is 30.1. The lowest BCUT2D eigenvalue weighted by molar-refractivity contribution is -0.576. The van der Waals surface area contributed by atoms with E-state index < -0.39 is 59.8 Å². The summed E-state index contributed by atoms with van der Waals surface area (Å²) < 4.78 is 18.3. The minimum Gasteiger partial charge on any atom is -0.480 e. The number of carboxylic acid groups (broad SMARTS) is 1. The molecule has 232 valence electrons. The number of amides is 2. The molecule has 41 heavy (non-hydrogen) atoms. The molecule has 5 fully saturated rings. The Hall–Kier alpha value is -1.93. The Morgan fingerprint density at radius 2 is 1.76 bits per heavy atom. The van der Waals surface area contributed by atoms with Crippen LogP contribution in [-0.2, 0) is 43.2 Å². The molecule has 2 amide bonds. The van der Waals surface area contributed by atoms with E-state index in [1.165, 1.54) is 0 Å². The second-order valence-electron chi connectivity index (χ2n) is 12.6. The Balaban J connectivity index is 1.35. The number of rotatable bonds is 11. The second-order valence-corrected chi connectivity index (χ2v) is 13.0. The number of ether oxygens (including phenoxy) is 3. The summed E-state index contributed by atoms with van der Waals surface area (Å²) in [6.07, 6.45) is 1.67. The van der Waals surface area contributed by atoms with Gasteiger partial charge >= 0.3 is 11.9 Å². The summed E-state index contributed by atoms with van der Waals surface area (Å²) in [5.74, 6) is -3.57. The number of hydrogen-bond acceptors (Lipinski definition) is 10. The van der Waals surface area contributed by atoms with Gasteiger partial charge in [-0.25, -0.2) is 14.6 Å². The molecule has 4 aliphatic heterocycles. The maximum atomic E-state index is 12.9. The smallest absolute Gasteiger partial charge is 0.327 e. The van der Waals surface area contributed by atoms with Crippen LogP contribution in [0.3, 0.4) is 0 Å². The molecule has 5 aliphatic rings. The van der Waals surface area contributed by atoms with Gasteiger partial charge in [-0.15, -0.1) is 0 Å². The zero-order valence-corrected chi connectivity index (χ0v) is 25.3. The van der Waals surface area contributed by atoms with Gasteiger partial charge in [0.15, 0.2) is 11.9 Å². The molecule has 5 rings (SSSR count). The highest BCUT2D eigenvalue weighted by Crippen LogP contribution is 2.60. The summed E-state index contributed by atoms with van der Waals surface area (Å²) >= 11 is 3.96. The summed E-state index contributed by atoms with van der Waals surface area (Å²) in [7, 11) is 0. The molecule has 4 saturated heterocycles. The first-order valence-corrected chi connectivity index (χ1v) is 15.3. The Bertz CT molecular complexity index is 1010. The van der Waals surface area contributed by atoms with E-state index in [-0.39, 0.29) is 42.3 Å². The number of esters is 1. The first kappa shape index (κ1) is 32.0. The number of carbonyl (C=O) groups excluding carboxylic acids is 3. The van der Waals surface area contributed by atoms with E-state index in [0.717, 1.165) is 19.3 Å². The van der Waals surface area contributed by atoms with E-state index in [2.05, 4.69) is 30.2 Å². The molecule has 1 aliphatic carbocycles. The summed E-state index contributed by atoms with van der Waals surface area (Å²) in [6, 6.07) is -2.13. The Labute approximate surface area is 246 Å². The SMILES string of the molecule is CC(C)C[C@H](NC(=O)CCC(=O)O[C@@H]1O[C@H]2O[C@@]3(C)CC[C@H]4[C@H](C)CC[C@H]([C@H]1C)[C@@]24OO3)C(=O)N[C@H](CS)C(=O)O. The fourth-order valence-corrected chi connectivity index (χ4v) is 7.09. The molecule has 4 heterocycles. The quantitative estimate of drug-likeness (QED) is 0.158. The maximum absolute atomic E-state index is 12.9. The standard InChI is InChI=1S/C28H44N2O10S/c1-14(2)12-19(23(33)30-20(13-41)24(34)35)29-21(31)8-9-22(32)36-25-16(4)18-7-6-15(3)17-10-11-27(5)38-26(37-25)28(17,18)40-39-27/h14-20,25-26,41H,6-13H2,1-5H3,(H,29,31)(H,30,33)(H,34,35)/t15-,16-,17+,18-,19+,20-,25-,26+,27-,28-/m1/s1. The molecule has 3 N–H and O–H groups in total. The Morgan fingerprint density at radius 3 is 2.41 bits per heavy atom. The van der Waals surface area contributed by atoms with Crippen molar-refractivity contribution in [2.45, 2.75) is 116 Å². The predicted octanol–water partition coefficient (Wildman–Crippen LogP) is 2.55. The van der Waals surface area contributed by atoms with E-state index in [1.54, 1.807) is 0 Å². The predicted molar refractivity (Wildman–Crippen MR) is 147 cm³/mol. The second kappa shape index (κ2) is 12.7. The number of carboxylic acids is 1. The van der Waals surface area contributed by atoms with E-state index in [1.807, 2.05) is 27.7 Å². The van der Waals surface area contributed by atoms with E-state index in [9.17, 15) is 24.3 Å². The highest BCUT2D eigenvalue weighted by molar-refractivity contribution is 7.80. The van der Waals surface area contributed by atoms with E-state index >= 15 is 0 Å². The van der Waals surface area contributed by atoms with Gasteiger partial charge in [-0.3, -0.25) is 14.4 Å². The minimum absolute atomic E-state index is 0.00612. The molecule has 0 unspecified atom stereocenters. The average Bonchev–Trinajstić information content (AvgIpc) is 3.13. The highest BCUT2D eigenvalue weighted by Gasteiger charge is 2.69. The lowest BCUT2D eigenvalue weighted by Gasteiger charge is -2.59. The normalized spacial score (nSPS) is 37.3. The molecule has 0 aromatic rings. The Kier molecular flexibility index (Phi) is 9.94. The molecular weight excluding hydrogens is 556 g/mol. The van der Waals surface area contributed by atoms with Crippen molar-refractivity contribution in [1.29, 1.82) is 0 Å². The first-order valence-electron chi connectivity index (χ1n) is 14.6. The van der Waals surface area contributed by atoms with Crippen LogP contribution in [0.4, 0.5) is 0 Å². The van der Waals surface area contributed by atoms with Gasteiger partial charge in [0.05, 0.1) is 6.42 Å². The van der Waals surface area contributed by atoms with Crippen molar-refractivity contribution in [1.82, 2.24) is 10.6 Å². The van der Waals surface area contributed by atoms with Gasteiger partial charge in [0.25, 0.3) is 0 Å². The third-order valence-electron chi connectivity index (χ3n) is 9.06.